The maximum absolute atomic E-state index is 11.4. The summed E-state index contributed by atoms with van der Waals surface area (Å²) in [5, 5.41) is 17.0. The molecule has 80 valence electrons. The van der Waals surface area contributed by atoms with Crippen LogP contribution in [0.25, 0.3) is 0 Å². The van der Waals surface area contributed by atoms with Gasteiger partial charge >= 0.3 is 0 Å². The van der Waals surface area contributed by atoms with Gasteiger partial charge in [0, 0.05) is 13.0 Å². The number of ketones is 1. The molecular weight excluding hydrogens is 192 g/mol. The summed E-state index contributed by atoms with van der Waals surface area (Å²) in [7, 11) is 0. The van der Waals surface area contributed by atoms with Crippen molar-refractivity contribution in [3.63, 3.8) is 0 Å². The zero-order valence-electron chi connectivity index (χ0n) is 8.77. The molecule has 0 amide bonds. The third-order valence-corrected chi connectivity index (χ3v) is 2.66. The second kappa shape index (κ2) is 5.48. The molecule has 0 radical (unpaired) electrons. The topological polar surface area (TPSA) is 73.9 Å². The van der Waals surface area contributed by atoms with Crippen LogP contribution in [-0.4, -0.2) is 18.5 Å². The number of carbonyl (C=O) groups is 1. The highest BCUT2D eigenvalue weighted by Crippen LogP contribution is 2.33. The predicted molar refractivity (Wildman–Crippen MR) is 52.5 cm³/mol. The molecule has 1 aliphatic carbocycles. The van der Waals surface area contributed by atoms with Crippen LogP contribution in [0, 0.1) is 34.5 Å². The van der Waals surface area contributed by atoms with Crippen LogP contribution in [0.15, 0.2) is 0 Å². The number of hydrogen-bond acceptors (Lipinski definition) is 4. The number of hydrogen-bond donors (Lipinski definition) is 0. The summed E-state index contributed by atoms with van der Waals surface area (Å²) in [5.41, 5.74) is 0. The summed E-state index contributed by atoms with van der Waals surface area (Å²) in [4.78, 5) is 11.4. The lowest BCUT2D eigenvalue weighted by atomic mass is 9.78. The Morgan fingerprint density at radius 1 is 1.47 bits per heavy atom. The van der Waals surface area contributed by atoms with Crippen LogP contribution < -0.4 is 0 Å². The van der Waals surface area contributed by atoms with Crippen molar-refractivity contribution >= 4 is 5.78 Å². The van der Waals surface area contributed by atoms with Gasteiger partial charge in [-0.2, -0.15) is 10.5 Å². The molecule has 4 nitrogen and oxygen atoms in total. The van der Waals surface area contributed by atoms with Gasteiger partial charge in [-0.1, -0.05) is 0 Å². The Kier molecular flexibility index (Phi) is 4.27. The molecule has 0 N–H and O–H groups in total. The Morgan fingerprint density at radius 3 is 2.53 bits per heavy atom. The van der Waals surface area contributed by atoms with Gasteiger partial charge in [-0.3, -0.25) is 4.79 Å². The molecule has 1 aliphatic rings. The number of nitrogens with zero attached hydrogens (tertiary/aromatic N) is 2. The van der Waals surface area contributed by atoms with E-state index in [1.165, 1.54) is 0 Å². The van der Waals surface area contributed by atoms with E-state index in [9.17, 15) is 4.79 Å². The van der Waals surface area contributed by atoms with Gasteiger partial charge in [-0.15, -0.1) is 0 Å². The summed E-state index contributed by atoms with van der Waals surface area (Å²) in [5.74, 6) is -1.03. The number of rotatable bonds is 5. The number of Topliss-reactive ketones (excluding diaryl/α,β-unsaturated/α-hetero) is 1. The second-order valence-corrected chi connectivity index (χ2v) is 3.78. The predicted octanol–water partition coefficient (Wildman–Crippen LogP) is 1.42. The molecule has 4 heteroatoms. The van der Waals surface area contributed by atoms with Crippen molar-refractivity contribution in [1.29, 1.82) is 10.5 Å². The van der Waals surface area contributed by atoms with Gasteiger partial charge in [0.2, 0.25) is 0 Å². The monoisotopic (exact) mass is 206 g/mol. The van der Waals surface area contributed by atoms with E-state index in [1.54, 1.807) is 12.1 Å². The number of ether oxygens (including phenoxy) is 1. The van der Waals surface area contributed by atoms with Gasteiger partial charge in [-0.25, -0.2) is 0 Å². The highest BCUT2D eigenvalue weighted by molar-refractivity contribution is 5.86. The van der Waals surface area contributed by atoms with Crippen molar-refractivity contribution in [2.75, 3.05) is 6.61 Å². The lowest BCUT2D eigenvalue weighted by molar-refractivity contribution is -0.123. The molecule has 0 atom stereocenters. The van der Waals surface area contributed by atoms with Crippen molar-refractivity contribution in [3.05, 3.63) is 0 Å². The van der Waals surface area contributed by atoms with Gasteiger partial charge in [0.25, 0.3) is 0 Å². The maximum atomic E-state index is 11.4. The molecule has 1 saturated carbocycles. The molecular formula is C11H14N2O2. The van der Waals surface area contributed by atoms with Gasteiger partial charge in [0.1, 0.15) is 0 Å². The van der Waals surface area contributed by atoms with E-state index < -0.39 is 5.92 Å². The minimum atomic E-state index is -1.09. The zero-order valence-corrected chi connectivity index (χ0v) is 8.77. The quantitative estimate of drug-likeness (QED) is 0.681. The fraction of sp³-hybridized carbons (Fsp3) is 0.727. The largest absolute Gasteiger partial charge is 0.378 e. The van der Waals surface area contributed by atoms with Crippen LogP contribution in [0.3, 0.4) is 0 Å². The van der Waals surface area contributed by atoms with Crippen molar-refractivity contribution < 1.29 is 9.53 Å². The van der Waals surface area contributed by atoms with Crippen molar-refractivity contribution in [1.82, 2.24) is 0 Å². The van der Waals surface area contributed by atoms with Crippen molar-refractivity contribution in [2.24, 2.45) is 11.8 Å². The Labute approximate surface area is 89.4 Å². The van der Waals surface area contributed by atoms with Crippen molar-refractivity contribution in [3.8, 4) is 12.1 Å². The molecule has 0 aromatic carbocycles. The summed E-state index contributed by atoms with van der Waals surface area (Å²) < 4.78 is 5.36. The fourth-order valence-corrected chi connectivity index (χ4v) is 1.79. The molecule has 0 bridgehead atoms. The normalized spacial score (nSPS) is 24.0. The molecule has 0 aliphatic heterocycles. The van der Waals surface area contributed by atoms with E-state index in [-0.39, 0.29) is 11.9 Å². The van der Waals surface area contributed by atoms with Gasteiger partial charge in [0.15, 0.2) is 11.7 Å². The molecule has 0 unspecified atom stereocenters. The molecule has 0 aromatic heterocycles. The van der Waals surface area contributed by atoms with Crippen molar-refractivity contribution in [2.45, 2.75) is 32.3 Å². The van der Waals surface area contributed by atoms with Gasteiger partial charge < -0.3 is 4.74 Å². The molecule has 1 fully saturated rings. The third kappa shape index (κ3) is 3.04. The van der Waals surface area contributed by atoms with E-state index in [1.807, 2.05) is 6.92 Å². The third-order valence-electron chi connectivity index (χ3n) is 2.66. The van der Waals surface area contributed by atoms with E-state index in [4.69, 9.17) is 15.3 Å². The zero-order chi connectivity index (χ0) is 11.3. The first-order chi connectivity index (χ1) is 7.21. The van der Waals surface area contributed by atoms with E-state index in [0.717, 1.165) is 12.8 Å². The summed E-state index contributed by atoms with van der Waals surface area (Å²) >= 11 is 0. The Morgan fingerprint density at radius 2 is 2.07 bits per heavy atom. The minimum Gasteiger partial charge on any atom is -0.378 e. The summed E-state index contributed by atoms with van der Waals surface area (Å²) in [6.07, 6.45) is 2.37. The Balaban J connectivity index is 2.25. The first kappa shape index (κ1) is 11.7. The molecule has 0 heterocycles. The lowest BCUT2D eigenvalue weighted by Gasteiger charge is -2.34. The molecule has 15 heavy (non-hydrogen) atoms. The second-order valence-electron chi connectivity index (χ2n) is 3.78. The molecule has 0 spiro atoms. The van der Waals surface area contributed by atoms with Crippen LogP contribution in [0.2, 0.25) is 0 Å². The Hall–Kier alpha value is -1.39. The van der Waals surface area contributed by atoms with Gasteiger partial charge in [0.05, 0.1) is 18.2 Å². The first-order valence-corrected chi connectivity index (χ1v) is 5.14. The van der Waals surface area contributed by atoms with E-state index in [2.05, 4.69) is 0 Å². The number of nitriles is 2. The maximum Gasteiger partial charge on any atom is 0.191 e. The lowest BCUT2D eigenvalue weighted by Crippen LogP contribution is -2.33. The standard InChI is InChI=1S/C11H14N2O2/c1-2-15-10-3-8(4-10)5-11(14)9(6-12)7-13/h8-10H,2-5H2,1H3. The van der Waals surface area contributed by atoms with Gasteiger partial charge in [-0.05, 0) is 25.7 Å². The first-order valence-electron chi connectivity index (χ1n) is 5.14. The summed E-state index contributed by atoms with van der Waals surface area (Å²) in [6, 6.07) is 3.40. The van der Waals surface area contributed by atoms with Crippen LogP contribution >= 0.6 is 0 Å². The van der Waals surface area contributed by atoms with E-state index in [0.29, 0.717) is 18.9 Å². The van der Waals surface area contributed by atoms with Crippen LogP contribution in [0.5, 0.6) is 0 Å². The minimum absolute atomic E-state index is 0.250. The molecule has 0 aromatic rings. The molecule has 1 rings (SSSR count). The SMILES string of the molecule is CCOC1CC(CC(=O)C(C#N)C#N)C1. The fourth-order valence-electron chi connectivity index (χ4n) is 1.79. The average molecular weight is 206 g/mol. The van der Waals surface area contributed by atoms with Crippen LogP contribution in [-0.2, 0) is 9.53 Å². The number of carbonyl (C=O) groups excluding carboxylic acids is 1. The smallest absolute Gasteiger partial charge is 0.191 e. The molecule has 0 saturated heterocycles. The average Bonchev–Trinajstić information content (AvgIpc) is 2.16. The van der Waals surface area contributed by atoms with Crippen LogP contribution in [0.4, 0.5) is 0 Å². The Bertz CT molecular complexity index is 294. The summed E-state index contributed by atoms with van der Waals surface area (Å²) in [6.45, 7) is 2.64. The highest BCUT2D eigenvalue weighted by atomic mass is 16.5. The van der Waals surface area contributed by atoms with Crippen LogP contribution in [0.1, 0.15) is 26.2 Å². The highest BCUT2D eigenvalue weighted by Gasteiger charge is 2.32. The van der Waals surface area contributed by atoms with E-state index >= 15 is 0 Å².